The van der Waals surface area contributed by atoms with Crippen LogP contribution in [0.3, 0.4) is 0 Å². The molecule has 0 atom stereocenters. The van der Waals surface area contributed by atoms with Crippen molar-refractivity contribution in [3.05, 3.63) is 57.6 Å². The molecule has 0 amide bonds. The third-order valence-corrected chi connectivity index (χ3v) is 6.46. The van der Waals surface area contributed by atoms with Crippen LogP contribution in [0.15, 0.2) is 24.3 Å². The zero-order valence-corrected chi connectivity index (χ0v) is 17.4. The second-order valence-electron chi connectivity index (χ2n) is 8.30. The maximum atomic E-state index is 12.1. The minimum absolute atomic E-state index is 0.0725. The number of rotatable bonds is 3. The molecule has 0 unspecified atom stereocenters. The molecule has 2 aromatic rings. The molecule has 4 nitrogen and oxygen atoms in total. The van der Waals surface area contributed by atoms with Crippen molar-refractivity contribution in [1.29, 1.82) is 0 Å². The number of aromatic hydroxyl groups is 2. The van der Waals surface area contributed by atoms with Crippen LogP contribution in [0.4, 0.5) is 0 Å². The zero-order chi connectivity index (χ0) is 20.6. The van der Waals surface area contributed by atoms with E-state index >= 15 is 0 Å². The molecule has 150 valence electrons. The summed E-state index contributed by atoms with van der Waals surface area (Å²) in [4.78, 5) is 12.1. The van der Waals surface area contributed by atoms with E-state index in [1.807, 2.05) is 27.7 Å². The molecule has 2 aromatic carbocycles. The normalized spacial score (nSPS) is 16.8. The van der Waals surface area contributed by atoms with E-state index in [4.69, 9.17) is 4.74 Å². The number of esters is 1. The molecule has 1 aliphatic carbocycles. The van der Waals surface area contributed by atoms with Crippen LogP contribution in [0.1, 0.15) is 59.1 Å². The lowest BCUT2D eigenvalue weighted by atomic mass is 9.62. The number of aryl methyl sites for hydroxylation is 4. The fraction of sp³-hybridized carbons (Fsp3) is 0.458. The van der Waals surface area contributed by atoms with Gasteiger partial charge in [0.2, 0.25) is 0 Å². The summed E-state index contributed by atoms with van der Waals surface area (Å²) in [7, 11) is 1.45. The first-order chi connectivity index (χ1) is 13.2. The van der Waals surface area contributed by atoms with Crippen molar-refractivity contribution in [3.8, 4) is 11.5 Å². The molecule has 28 heavy (non-hydrogen) atoms. The lowest BCUT2D eigenvalue weighted by Gasteiger charge is -2.41. The highest BCUT2D eigenvalue weighted by Crippen LogP contribution is 2.49. The van der Waals surface area contributed by atoms with E-state index in [2.05, 4.69) is 24.3 Å². The molecular formula is C24H30O4. The third-order valence-electron chi connectivity index (χ3n) is 6.46. The van der Waals surface area contributed by atoms with E-state index in [1.54, 1.807) is 0 Å². The molecule has 1 saturated carbocycles. The Kier molecular flexibility index (Phi) is 5.42. The van der Waals surface area contributed by atoms with Crippen LogP contribution in [0.5, 0.6) is 11.5 Å². The van der Waals surface area contributed by atoms with Gasteiger partial charge in [0.05, 0.1) is 13.0 Å². The zero-order valence-electron chi connectivity index (χ0n) is 17.4. The number of phenols is 2. The first-order valence-corrected chi connectivity index (χ1v) is 9.89. The van der Waals surface area contributed by atoms with Gasteiger partial charge in [-0.15, -0.1) is 0 Å². The molecule has 0 saturated heterocycles. The van der Waals surface area contributed by atoms with E-state index in [9.17, 15) is 15.0 Å². The SMILES string of the molecule is COC(=O)C1CCC(c2cc(C)c(O)c(C)c2)(c2cc(C)c(O)c(C)c2)CC1. The number of hydrogen-bond acceptors (Lipinski definition) is 4. The van der Waals surface area contributed by atoms with Crippen molar-refractivity contribution in [2.24, 2.45) is 5.92 Å². The van der Waals surface area contributed by atoms with Crippen LogP contribution < -0.4 is 0 Å². The fourth-order valence-electron chi connectivity index (χ4n) is 4.72. The van der Waals surface area contributed by atoms with Crippen LogP contribution in [-0.2, 0) is 14.9 Å². The molecule has 0 radical (unpaired) electrons. The van der Waals surface area contributed by atoms with Gasteiger partial charge in [0, 0.05) is 5.41 Å². The highest BCUT2D eigenvalue weighted by atomic mass is 16.5. The Morgan fingerprint density at radius 1 is 0.857 bits per heavy atom. The van der Waals surface area contributed by atoms with Crippen LogP contribution in [0, 0.1) is 33.6 Å². The average Bonchev–Trinajstić information content (AvgIpc) is 2.68. The number of methoxy groups -OCH3 is 1. The smallest absolute Gasteiger partial charge is 0.308 e. The van der Waals surface area contributed by atoms with Crippen LogP contribution in [0.25, 0.3) is 0 Å². The second-order valence-corrected chi connectivity index (χ2v) is 8.30. The molecular weight excluding hydrogens is 352 g/mol. The van der Waals surface area contributed by atoms with Gasteiger partial charge in [-0.25, -0.2) is 0 Å². The maximum Gasteiger partial charge on any atom is 0.308 e. The van der Waals surface area contributed by atoms with E-state index in [1.165, 1.54) is 7.11 Å². The van der Waals surface area contributed by atoms with Gasteiger partial charge in [0.15, 0.2) is 0 Å². The standard InChI is InChI=1S/C24H30O4/c1-14-10-19(11-15(2)21(14)25)24(8-6-18(7-9-24)23(27)28-5)20-12-16(3)22(26)17(4)13-20/h10-13,18,25-26H,6-9H2,1-5H3. The van der Waals surface area contributed by atoms with Crippen molar-refractivity contribution in [2.45, 2.75) is 58.8 Å². The van der Waals surface area contributed by atoms with Crippen molar-refractivity contribution >= 4 is 5.97 Å². The third kappa shape index (κ3) is 3.36. The molecule has 2 N–H and O–H groups in total. The number of ether oxygens (including phenoxy) is 1. The fourth-order valence-corrected chi connectivity index (χ4v) is 4.72. The lowest BCUT2D eigenvalue weighted by molar-refractivity contribution is -0.146. The number of carbonyl (C=O) groups excluding carboxylic acids is 1. The lowest BCUT2D eigenvalue weighted by Crippen LogP contribution is -2.36. The van der Waals surface area contributed by atoms with Crippen LogP contribution in [0.2, 0.25) is 0 Å². The maximum absolute atomic E-state index is 12.1. The minimum Gasteiger partial charge on any atom is -0.507 e. The van der Waals surface area contributed by atoms with E-state index in [0.29, 0.717) is 11.5 Å². The van der Waals surface area contributed by atoms with Gasteiger partial charge in [-0.3, -0.25) is 4.79 Å². The topological polar surface area (TPSA) is 66.8 Å². The van der Waals surface area contributed by atoms with E-state index in [-0.39, 0.29) is 17.3 Å². The Balaban J connectivity index is 2.15. The highest BCUT2D eigenvalue weighted by Gasteiger charge is 2.41. The van der Waals surface area contributed by atoms with Crippen molar-refractivity contribution < 1.29 is 19.7 Å². The molecule has 4 heteroatoms. The Morgan fingerprint density at radius 2 is 1.21 bits per heavy atom. The Labute approximate surface area is 167 Å². The summed E-state index contributed by atoms with van der Waals surface area (Å²) in [5.74, 6) is 0.460. The number of carbonyl (C=O) groups is 1. The summed E-state index contributed by atoms with van der Waals surface area (Å²) in [6.45, 7) is 7.69. The van der Waals surface area contributed by atoms with Gasteiger partial charge in [-0.1, -0.05) is 24.3 Å². The summed E-state index contributed by atoms with van der Waals surface area (Å²) in [5, 5.41) is 20.5. The quantitative estimate of drug-likeness (QED) is 0.735. The summed E-state index contributed by atoms with van der Waals surface area (Å²) < 4.78 is 4.97. The van der Waals surface area contributed by atoms with E-state index < -0.39 is 0 Å². The van der Waals surface area contributed by atoms with E-state index in [0.717, 1.165) is 59.1 Å². The van der Waals surface area contributed by atoms with Crippen molar-refractivity contribution in [2.75, 3.05) is 7.11 Å². The van der Waals surface area contributed by atoms with Gasteiger partial charge in [-0.05, 0) is 86.8 Å². The number of phenolic OH excluding ortho intramolecular Hbond substituents is 2. The molecule has 0 spiro atoms. The summed E-state index contributed by atoms with van der Waals surface area (Å²) in [6, 6.07) is 8.27. The first-order valence-electron chi connectivity index (χ1n) is 9.89. The van der Waals surface area contributed by atoms with Gasteiger partial charge in [-0.2, -0.15) is 0 Å². The largest absolute Gasteiger partial charge is 0.507 e. The average molecular weight is 383 g/mol. The van der Waals surface area contributed by atoms with Crippen molar-refractivity contribution in [1.82, 2.24) is 0 Å². The Hall–Kier alpha value is -2.49. The van der Waals surface area contributed by atoms with Crippen molar-refractivity contribution in [3.63, 3.8) is 0 Å². The number of hydrogen-bond donors (Lipinski definition) is 2. The molecule has 1 aliphatic rings. The molecule has 0 heterocycles. The minimum atomic E-state index is -0.253. The Morgan fingerprint density at radius 3 is 1.54 bits per heavy atom. The monoisotopic (exact) mass is 382 g/mol. The number of benzene rings is 2. The highest BCUT2D eigenvalue weighted by molar-refractivity contribution is 5.72. The summed E-state index contributed by atoms with van der Waals surface area (Å²) >= 11 is 0. The van der Waals surface area contributed by atoms with Gasteiger partial charge >= 0.3 is 5.97 Å². The molecule has 0 aromatic heterocycles. The molecule has 0 aliphatic heterocycles. The van der Waals surface area contributed by atoms with Crippen LogP contribution >= 0.6 is 0 Å². The van der Waals surface area contributed by atoms with Gasteiger partial charge < -0.3 is 14.9 Å². The first kappa shape index (κ1) is 20.2. The molecule has 1 fully saturated rings. The van der Waals surface area contributed by atoms with Crippen LogP contribution in [-0.4, -0.2) is 23.3 Å². The van der Waals surface area contributed by atoms with Gasteiger partial charge in [0.1, 0.15) is 11.5 Å². The van der Waals surface area contributed by atoms with Gasteiger partial charge in [0.25, 0.3) is 0 Å². The predicted octanol–water partition coefficient (Wildman–Crippen LogP) is 4.98. The Bertz CT molecular complexity index is 799. The summed E-state index contributed by atoms with van der Waals surface area (Å²) in [6.07, 6.45) is 3.15. The molecule has 0 bridgehead atoms. The second kappa shape index (κ2) is 7.50. The predicted molar refractivity (Wildman–Crippen MR) is 110 cm³/mol. The molecule has 3 rings (SSSR count). The summed E-state index contributed by atoms with van der Waals surface area (Å²) in [5.41, 5.74) is 5.50.